The van der Waals surface area contributed by atoms with Gasteiger partial charge in [-0.3, -0.25) is 4.90 Å². The SMILES string of the molecule is CC1CCCC(N(CCO)C(C)C)C1. The van der Waals surface area contributed by atoms with Gasteiger partial charge in [-0.15, -0.1) is 0 Å². The molecule has 2 nitrogen and oxygen atoms in total. The van der Waals surface area contributed by atoms with Crippen LogP contribution in [-0.2, 0) is 0 Å². The second-order valence-electron chi connectivity index (χ2n) is 4.98. The lowest BCUT2D eigenvalue weighted by Crippen LogP contribution is -2.44. The summed E-state index contributed by atoms with van der Waals surface area (Å²) in [6.07, 6.45) is 5.39. The Hall–Kier alpha value is -0.0800. The fourth-order valence-corrected chi connectivity index (χ4v) is 2.68. The van der Waals surface area contributed by atoms with Crippen LogP contribution >= 0.6 is 0 Å². The molecule has 1 aliphatic carbocycles. The smallest absolute Gasteiger partial charge is 0.0558 e. The molecular weight excluding hydrogens is 174 g/mol. The summed E-state index contributed by atoms with van der Waals surface area (Å²) in [6.45, 7) is 7.95. The fourth-order valence-electron chi connectivity index (χ4n) is 2.68. The van der Waals surface area contributed by atoms with Gasteiger partial charge in [0.05, 0.1) is 6.61 Å². The Bertz CT molecular complexity index is 158. The van der Waals surface area contributed by atoms with E-state index in [4.69, 9.17) is 5.11 Å². The predicted octanol–water partition coefficient (Wildman–Crippen LogP) is 2.27. The third kappa shape index (κ3) is 3.25. The molecule has 0 aromatic heterocycles. The molecule has 14 heavy (non-hydrogen) atoms. The summed E-state index contributed by atoms with van der Waals surface area (Å²) >= 11 is 0. The highest BCUT2D eigenvalue weighted by Crippen LogP contribution is 2.28. The van der Waals surface area contributed by atoms with E-state index in [1.807, 2.05) is 0 Å². The first-order valence-electron chi connectivity index (χ1n) is 6.01. The maximum absolute atomic E-state index is 9.04. The highest BCUT2D eigenvalue weighted by Gasteiger charge is 2.25. The molecular formula is C12H25NO. The summed E-state index contributed by atoms with van der Waals surface area (Å²) in [5.41, 5.74) is 0. The normalized spacial score (nSPS) is 28.7. The van der Waals surface area contributed by atoms with Gasteiger partial charge in [-0.2, -0.15) is 0 Å². The van der Waals surface area contributed by atoms with Gasteiger partial charge in [0.15, 0.2) is 0 Å². The first kappa shape index (κ1) is 12.0. The Morgan fingerprint density at radius 3 is 2.57 bits per heavy atom. The summed E-state index contributed by atoms with van der Waals surface area (Å²) in [4.78, 5) is 2.47. The molecule has 0 radical (unpaired) electrons. The maximum atomic E-state index is 9.04. The van der Waals surface area contributed by atoms with Gasteiger partial charge < -0.3 is 5.11 Å². The van der Waals surface area contributed by atoms with Crippen LogP contribution in [0.15, 0.2) is 0 Å². The molecule has 1 aliphatic rings. The molecule has 0 saturated heterocycles. The molecule has 0 bridgehead atoms. The number of hydrogen-bond donors (Lipinski definition) is 1. The summed E-state index contributed by atoms with van der Waals surface area (Å²) < 4.78 is 0. The molecule has 84 valence electrons. The molecule has 2 atom stereocenters. The molecule has 1 N–H and O–H groups in total. The lowest BCUT2D eigenvalue weighted by atomic mass is 9.86. The largest absolute Gasteiger partial charge is 0.395 e. The topological polar surface area (TPSA) is 23.5 Å². The quantitative estimate of drug-likeness (QED) is 0.751. The Balaban J connectivity index is 2.48. The second kappa shape index (κ2) is 5.72. The standard InChI is InChI=1S/C12H25NO/c1-10(2)13(7-8-14)12-6-4-5-11(3)9-12/h10-12,14H,4-9H2,1-3H3. The molecule has 0 aromatic carbocycles. The van der Waals surface area contributed by atoms with E-state index in [9.17, 15) is 0 Å². The number of nitrogens with zero attached hydrogens (tertiary/aromatic N) is 1. The summed E-state index contributed by atoms with van der Waals surface area (Å²) in [6, 6.07) is 1.28. The van der Waals surface area contributed by atoms with Crippen molar-refractivity contribution in [1.29, 1.82) is 0 Å². The molecule has 0 aliphatic heterocycles. The van der Waals surface area contributed by atoms with Gasteiger partial charge in [-0.25, -0.2) is 0 Å². The van der Waals surface area contributed by atoms with Crippen LogP contribution in [0.3, 0.4) is 0 Å². The van der Waals surface area contributed by atoms with Gasteiger partial charge >= 0.3 is 0 Å². The maximum Gasteiger partial charge on any atom is 0.0558 e. The zero-order chi connectivity index (χ0) is 10.6. The van der Waals surface area contributed by atoms with E-state index in [0.717, 1.165) is 12.5 Å². The Labute approximate surface area is 88.3 Å². The predicted molar refractivity (Wildman–Crippen MR) is 60.3 cm³/mol. The van der Waals surface area contributed by atoms with Crippen molar-refractivity contribution >= 4 is 0 Å². The van der Waals surface area contributed by atoms with Crippen LogP contribution in [0.25, 0.3) is 0 Å². The molecule has 1 saturated carbocycles. The number of aliphatic hydroxyl groups is 1. The zero-order valence-corrected chi connectivity index (χ0v) is 9.87. The molecule has 2 heteroatoms. The van der Waals surface area contributed by atoms with Crippen LogP contribution in [-0.4, -0.2) is 35.2 Å². The minimum Gasteiger partial charge on any atom is -0.395 e. The molecule has 0 heterocycles. The van der Waals surface area contributed by atoms with Crippen molar-refractivity contribution in [3.05, 3.63) is 0 Å². The van der Waals surface area contributed by atoms with Crippen LogP contribution in [0, 0.1) is 5.92 Å². The summed E-state index contributed by atoms with van der Waals surface area (Å²) in [7, 11) is 0. The van der Waals surface area contributed by atoms with E-state index in [1.54, 1.807) is 0 Å². The van der Waals surface area contributed by atoms with Gasteiger partial charge in [0, 0.05) is 18.6 Å². The summed E-state index contributed by atoms with van der Waals surface area (Å²) in [5.74, 6) is 0.869. The summed E-state index contributed by atoms with van der Waals surface area (Å²) in [5, 5.41) is 9.04. The zero-order valence-electron chi connectivity index (χ0n) is 9.87. The monoisotopic (exact) mass is 199 g/mol. The average Bonchev–Trinajstić information content (AvgIpc) is 2.13. The van der Waals surface area contributed by atoms with E-state index in [-0.39, 0.29) is 0 Å². The van der Waals surface area contributed by atoms with Crippen LogP contribution in [0.1, 0.15) is 46.5 Å². The lowest BCUT2D eigenvalue weighted by molar-refractivity contribution is 0.0816. The Morgan fingerprint density at radius 1 is 1.36 bits per heavy atom. The van der Waals surface area contributed by atoms with Crippen molar-refractivity contribution in [3.8, 4) is 0 Å². The van der Waals surface area contributed by atoms with Gasteiger partial charge in [-0.1, -0.05) is 19.8 Å². The van der Waals surface area contributed by atoms with Gasteiger partial charge in [0.25, 0.3) is 0 Å². The van der Waals surface area contributed by atoms with E-state index < -0.39 is 0 Å². The minimum atomic E-state index is 0.295. The Kier molecular flexibility index (Phi) is 4.90. The van der Waals surface area contributed by atoms with Crippen molar-refractivity contribution in [2.45, 2.75) is 58.5 Å². The van der Waals surface area contributed by atoms with Crippen molar-refractivity contribution < 1.29 is 5.11 Å². The first-order valence-corrected chi connectivity index (χ1v) is 6.01. The number of rotatable bonds is 4. The van der Waals surface area contributed by atoms with E-state index >= 15 is 0 Å². The molecule has 1 rings (SSSR count). The van der Waals surface area contributed by atoms with E-state index in [0.29, 0.717) is 18.7 Å². The van der Waals surface area contributed by atoms with Gasteiger partial charge in [0.2, 0.25) is 0 Å². The molecule has 0 aromatic rings. The highest BCUT2D eigenvalue weighted by molar-refractivity contribution is 4.80. The number of aliphatic hydroxyl groups excluding tert-OH is 1. The van der Waals surface area contributed by atoms with Gasteiger partial charge in [-0.05, 0) is 32.6 Å². The molecule has 0 amide bonds. The molecule has 1 fully saturated rings. The van der Waals surface area contributed by atoms with Crippen molar-refractivity contribution in [2.24, 2.45) is 5.92 Å². The van der Waals surface area contributed by atoms with Crippen molar-refractivity contribution in [3.63, 3.8) is 0 Å². The third-order valence-electron chi connectivity index (χ3n) is 3.40. The third-order valence-corrected chi connectivity index (χ3v) is 3.40. The fraction of sp³-hybridized carbons (Fsp3) is 1.00. The average molecular weight is 199 g/mol. The minimum absolute atomic E-state index is 0.295. The van der Waals surface area contributed by atoms with E-state index in [1.165, 1.54) is 25.7 Å². The molecule has 0 spiro atoms. The number of hydrogen-bond acceptors (Lipinski definition) is 2. The van der Waals surface area contributed by atoms with Crippen LogP contribution in [0.4, 0.5) is 0 Å². The first-order chi connectivity index (χ1) is 6.65. The van der Waals surface area contributed by atoms with Crippen molar-refractivity contribution in [1.82, 2.24) is 4.90 Å². The highest BCUT2D eigenvalue weighted by atomic mass is 16.3. The van der Waals surface area contributed by atoms with Gasteiger partial charge in [0.1, 0.15) is 0 Å². The van der Waals surface area contributed by atoms with E-state index in [2.05, 4.69) is 25.7 Å². The van der Waals surface area contributed by atoms with Crippen LogP contribution in [0.5, 0.6) is 0 Å². The van der Waals surface area contributed by atoms with Crippen LogP contribution < -0.4 is 0 Å². The van der Waals surface area contributed by atoms with Crippen LogP contribution in [0.2, 0.25) is 0 Å². The second-order valence-corrected chi connectivity index (χ2v) is 4.98. The Morgan fingerprint density at radius 2 is 2.07 bits per heavy atom. The lowest BCUT2D eigenvalue weighted by Gasteiger charge is -2.38. The van der Waals surface area contributed by atoms with Crippen molar-refractivity contribution in [2.75, 3.05) is 13.2 Å². The molecule has 2 unspecified atom stereocenters.